The number of amides is 1. The van der Waals surface area contributed by atoms with E-state index in [4.69, 9.17) is 39.9 Å². The van der Waals surface area contributed by atoms with E-state index in [1.54, 1.807) is 35.0 Å². The second-order valence-corrected chi connectivity index (χ2v) is 9.35. The van der Waals surface area contributed by atoms with E-state index in [1.807, 2.05) is 78.9 Å². The number of nitrogens with one attached hydrogen (secondary N) is 1. The van der Waals surface area contributed by atoms with Gasteiger partial charge < -0.3 is 5.32 Å². The van der Waals surface area contributed by atoms with Gasteiger partial charge in [0.1, 0.15) is 5.69 Å². The zero-order valence-electron chi connectivity index (χ0n) is 18.9. The predicted molar refractivity (Wildman–Crippen MR) is 146 cm³/mol. The van der Waals surface area contributed by atoms with Gasteiger partial charge in [-0.15, -0.1) is 0 Å². The van der Waals surface area contributed by atoms with Crippen molar-refractivity contribution < 1.29 is 4.79 Å². The van der Waals surface area contributed by atoms with Crippen molar-refractivity contribution in [1.29, 1.82) is 0 Å². The van der Waals surface area contributed by atoms with Gasteiger partial charge in [-0.3, -0.25) is 4.79 Å². The number of rotatable bonds is 6. The highest BCUT2D eigenvalue weighted by Crippen LogP contribution is 2.31. The summed E-state index contributed by atoms with van der Waals surface area (Å²) in [7, 11) is 0. The maximum atomic E-state index is 13.8. The van der Waals surface area contributed by atoms with E-state index >= 15 is 0 Å². The Kier molecular flexibility index (Phi) is 7.10. The summed E-state index contributed by atoms with van der Waals surface area (Å²) in [6.45, 7) is 0. The molecule has 0 bridgehead atoms. The van der Waals surface area contributed by atoms with Gasteiger partial charge in [0.2, 0.25) is 0 Å². The number of hydrogen-bond donors (Lipinski definition) is 1. The summed E-state index contributed by atoms with van der Waals surface area (Å²) in [4.78, 5) is 13.8. The van der Waals surface area contributed by atoms with E-state index in [-0.39, 0.29) is 11.9 Å². The van der Waals surface area contributed by atoms with Gasteiger partial charge in [-0.1, -0.05) is 114 Å². The normalized spacial score (nSPS) is 11.0. The smallest absolute Gasteiger partial charge is 0.270 e. The topological polar surface area (TPSA) is 46.9 Å². The van der Waals surface area contributed by atoms with E-state index in [2.05, 4.69) is 5.32 Å². The summed E-state index contributed by atoms with van der Waals surface area (Å²) in [5, 5.41) is 9.23. The first-order valence-electron chi connectivity index (χ1n) is 11.2. The minimum absolute atomic E-state index is 0.301. The minimum Gasteiger partial charge on any atom is -0.340 e. The summed E-state index contributed by atoms with van der Waals surface area (Å²) in [6.07, 6.45) is 0. The van der Waals surface area contributed by atoms with Crippen molar-refractivity contribution in [3.8, 4) is 16.9 Å². The summed E-state index contributed by atoms with van der Waals surface area (Å²) >= 11 is 18.9. The molecule has 0 radical (unpaired) electrons. The molecular weight excluding hydrogens is 513 g/mol. The first kappa shape index (κ1) is 24.1. The zero-order valence-corrected chi connectivity index (χ0v) is 21.2. The first-order valence-corrected chi connectivity index (χ1v) is 12.4. The van der Waals surface area contributed by atoms with Gasteiger partial charge in [0.15, 0.2) is 0 Å². The van der Waals surface area contributed by atoms with Crippen LogP contribution < -0.4 is 5.32 Å². The van der Waals surface area contributed by atoms with Gasteiger partial charge in [-0.05, 0) is 41.5 Å². The van der Waals surface area contributed by atoms with Crippen LogP contribution in [-0.2, 0) is 0 Å². The second-order valence-electron chi connectivity index (χ2n) is 8.13. The molecule has 0 saturated carbocycles. The third-order valence-electron chi connectivity index (χ3n) is 5.78. The predicted octanol–water partition coefficient (Wildman–Crippen LogP) is 8.02. The average molecular weight is 533 g/mol. The Bertz CT molecular complexity index is 1480. The lowest BCUT2D eigenvalue weighted by atomic mass is 9.98. The van der Waals surface area contributed by atoms with Gasteiger partial charge >= 0.3 is 0 Å². The fourth-order valence-corrected chi connectivity index (χ4v) is 4.54. The average Bonchev–Trinajstić information content (AvgIpc) is 3.35. The number of carbonyl (C=O) groups excluding carboxylic acids is 1. The molecule has 5 rings (SSSR count). The Balaban J connectivity index is 1.60. The maximum Gasteiger partial charge on any atom is 0.270 e. The Labute approximate surface area is 224 Å². The molecule has 0 fully saturated rings. The lowest BCUT2D eigenvalue weighted by Gasteiger charge is -2.20. The van der Waals surface area contributed by atoms with Gasteiger partial charge in [-0.2, -0.15) is 5.10 Å². The SMILES string of the molecule is O=C(NC(c1ccccc1)c1ccccc1)c1cc(-c2ccccc2Cl)nn1-c1ccc(Cl)c(Cl)c1. The number of nitrogens with zero attached hydrogens (tertiary/aromatic N) is 2. The van der Waals surface area contributed by atoms with E-state index in [1.165, 1.54) is 0 Å². The molecular formula is C29H20Cl3N3O. The first-order chi connectivity index (χ1) is 17.5. The standard InChI is InChI=1S/C29H20Cl3N3O/c30-23-14-8-7-13-22(23)26-18-27(35(34-26)21-15-16-24(31)25(32)17-21)29(36)33-28(19-9-3-1-4-10-19)20-11-5-2-6-12-20/h1-18,28H,(H,33,36). The lowest BCUT2D eigenvalue weighted by Crippen LogP contribution is -2.31. The molecule has 0 aliphatic heterocycles. The lowest BCUT2D eigenvalue weighted by molar-refractivity contribution is 0.0935. The van der Waals surface area contributed by atoms with Crippen LogP contribution in [0.25, 0.3) is 16.9 Å². The van der Waals surface area contributed by atoms with Crippen LogP contribution in [0.1, 0.15) is 27.7 Å². The molecule has 4 aromatic carbocycles. The summed E-state index contributed by atoms with van der Waals surface area (Å²) in [6, 6.07) is 33.5. The van der Waals surface area contributed by atoms with Gasteiger partial charge in [0, 0.05) is 5.56 Å². The minimum atomic E-state index is -0.360. The van der Waals surface area contributed by atoms with Crippen LogP contribution in [-0.4, -0.2) is 15.7 Å². The molecule has 36 heavy (non-hydrogen) atoms. The fraction of sp³-hybridized carbons (Fsp3) is 0.0345. The molecule has 0 aliphatic rings. The molecule has 1 amide bonds. The third-order valence-corrected chi connectivity index (χ3v) is 6.85. The number of carbonyl (C=O) groups is 1. The summed E-state index contributed by atoms with van der Waals surface area (Å²) in [5.41, 5.74) is 4.14. The van der Waals surface area contributed by atoms with Crippen molar-refractivity contribution in [3.63, 3.8) is 0 Å². The Hall–Kier alpha value is -3.57. The van der Waals surface area contributed by atoms with Crippen LogP contribution in [0.2, 0.25) is 15.1 Å². The molecule has 0 saturated heterocycles. The highest BCUT2D eigenvalue weighted by Gasteiger charge is 2.23. The van der Waals surface area contributed by atoms with Crippen LogP contribution in [0.15, 0.2) is 109 Å². The van der Waals surface area contributed by atoms with Crippen LogP contribution in [0.5, 0.6) is 0 Å². The molecule has 7 heteroatoms. The second kappa shape index (κ2) is 10.6. The number of hydrogen-bond acceptors (Lipinski definition) is 2. The molecule has 0 spiro atoms. The Morgan fingerprint density at radius 1 is 0.694 bits per heavy atom. The summed E-state index contributed by atoms with van der Waals surface area (Å²) < 4.78 is 1.56. The Morgan fingerprint density at radius 2 is 1.31 bits per heavy atom. The van der Waals surface area contributed by atoms with Crippen LogP contribution in [0.4, 0.5) is 0 Å². The van der Waals surface area contributed by atoms with Crippen molar-refractivity contribution in [2.45, 2.75) is 6.04 Å². The maximum absolute atomic E-state index is 13.8. The Morgan fingerprint density at radius 3 is 1.92 bits per heavy atom. The fourth-order valence-electron chi connectivity index (χ4n) is 4.01. The molecule has 5 aromatic rings. The molecule has 1 heterocycles. The van der Waals surface area contributed by atoms with Crippen molar-refractivity contribution in [2.75, 3.05) is 0 Å². The third kappa shape index (κ3) is 5.02. The van der Waals surface area contributed by atoms with E-state index < -0.39 is 0 Å². The largest absolute Gasteiger partial charge is 0.340 e. The van der Waals surface area contributed by atoms with E-state index in [0.717, 1.165) is 16.7 Å². The molecule has 0 aliphatic carbocycles. The summed E-state index contributed by atoms with van der Waals surface area (Å²) in [5.74, 6) is -0.301. The van der Waals surface area contributed by atoms with Crippen LogP contribution in [0.3, 0.4) is 0 Å². The van der Waals surface area contributed by atoms with Gasteiger partial charge in [0.05, 0.1) is 32.5 Å². The molecule has 0 atom stereocenters. The quantitative estimate of drug-likeness (QED) is 0.241. The zero-order chi connectivity index (χ0) is 25.1. The number of benzene rings is 4. The van der Waals surface area contributed by atoms with Crippen molar-refractivity contribution in [1.82, 2.24) is 15.1 Å². The van der Waals surface area contributed by atoms with Crippen molar-refractivity contribution in [3.05, 3.63) is 141 Å². The van der Waals surface area contributed by atoms with Crippen LogP contribution in [0, 0.1) is 0 Å². The van der Waals surface area contributed by atoms with E-state index in [9.17, 15) is 4.79 Å². The van der Waals surface area contributed by atoms with Gasteiger partial charge in [0.25, 0.3) is 5.91 Å². The van der Waals surface area contributed by atoms with Gasteiger partial charge in [-0.25, -0.2) is 4.68 Å². The monoisotopic (exact) mass is 531 g/mol. The number of halogens is 3. The molecule has 1 N–H and O–H groups in total. The molecule has 4 nitrogen and oxygen atoms in total. The van der Waals surface area contributed by atoms with Crippen LogP contribution >= 0.6 is 34.8 Å². The highest BCUT2D eigenvalue weighted by molar-refractivity contribution is 6.42. The number of aromatic nitrogens is 2. The van der Waals surface area contributed by atoms with Crippen molar-refractivity contribution in [2.24, 2.45) is 0 Å². The highest BCUT2D eigenvalue weighted by atomic mass is 35.5. The molecule has 1 aromatic heterocycles. The molecule has 0 unspecified atom stereocenters. The molecule has 178 valence electrons. The van der Waals surface area contributed by atoms with E-state index in [0.29, 0.717) is 32.1 Å². The van der Waals surface area contributed by atoms with Crippen molar-refractivity contribution >= 4 is 40.7 Å².